The van der Waals surface area contributed by atoms with E-state index < -0.39 is 0 Å². The first kappa shape index (κ1) is 11.9. The minimum atomic E-state index is -0.160. The summed E-state index contributed by atoms with van der Waals surface area (Å²) in [7, 11) is 0. The third-order valence-corrected chi connectivity index (χ3v) is 3.54. The number of benzene rings is 1. The van der Waals surface area contributed by atoms with Gasteiger partial charge in [-0.15, -0.1) is 0 Å². The standard InChI is InChI=1S/C14H18N2O/c15-10-12-4-6-13(7-5-12)16-14(11-17)8-2-1-3-9-14/h4-7,16-17H,1-3,8-9,11H2. The second-order valence-electron chi connectivity index (χ2n) is 4.81. The lowest BCUT2D eigenvalue weighted by Gasteiger charge is -2.37. The van der Waals surface area contributed by atoms with Crippen LogP contribution in [0, 0.1) is 11.3 Å². The molecule has 2 N–H and O–H groups in total. The molecule has 1 aliphatic carbocycles. The summed E-state index contributed by atoms with van der Waals surface area (Å²) < 4.78 is 0. The highest BCUT2D eigenvalue weighted by Gasteiger charge is 2.30. The first-order valence-corrected chi connectivity index (χ1v) is 6.17. The minimum absolute atomic E-state index is 0.160. The Bertz CT molecular complexity index is 399. The van der Waals surface area contributed by atoms with E-state index in [-0.39, 0.29) is 12.1 Å². The Morgan fingerprint density at radius 1 is 1.18 bits per heavy atom. The number of aliphatic hydroxyl groups excluding tert-OH is 1. The van der Waals surface area contributed by atoms with Crippen LogP contribution in [0.2, 0.25) is 0 Å². The number of rotatable bonds is 3. The molecule has 0 spiro atoms. The molecule has 0 aliphatic heterocycles. The predicted molar refractivity (Wildman–Crippen MR) is 67.7 cm³/mol. The van der Waals surface area contributed by atoms with Crippen molar-refractivity contribution in [2.45, 2.75) is 37.6 Å². The van der Waals surface area contributed by atoms with Crippen molar-refractivity contribution in [3.63, 3.8) is 0 Å². The number of hydrogen-bond acceptors (Lipinski definition) is 3. The van der Waals surface area contributed by atoms with E-state index in [0.29, 0.717) is 5.56 Å². The zero-order valence-electron chi connectivity index (χ0n) is 9.95. The number of nitrogens with zero attached hydrogens (tertiary/aromatic N) is 1. The summed E-state index contributed by atoms with van der Waals surface area (Å²) in [6.07, 6.45) is 5.64. The van der Waals surface area contributed by atoms with Crippen molar-refractivity contribution in [3.8, 4) is 6.07 Å². The van der Waals surface area contributed by atoms with Crippen molar-refractivity contribution in [1.29, 1.82) is 5.26 Å². The van der Waals surface area contributed by atoms with Crippen LogP contribution in [0.4, 0.5) is 5.69 Å². The second kappa shape index (κ2) is 5.20. The molecule has 0 atom stereocenters. The Kier molecular flexibility index (Phi) is 3.65. The van der Waals surface area contributed by atoms with Gasteiger partial charge in [0.15, 0.2) is 0 Å². The van der Waals surface area contributed by atoms with Crippen molar-refractivity contribution in [1.82, 2.24) is 0 Å². The fourth-order valence-electron chi connectivity index (χ4n) is 2.49. The first-order valence-electron chi connectivity index (χ1n) is 6.17. The average Bonchev–Trinajstić information content (AvgIpc) is 2.41. The smallest absolute Gasteiger partial charge is 0.0991 e. The zero-order chi connectivity index (χ0) is 12.1. The van der Waals surface area contributed by atoms with Crippen LogP contribution in [0.5, 0.6) is 0 Å². The normalized spacial score (nSPS) is 18.4. The molecule has 17 heavy (non-hydrogen) atoms. The lowest BCUT2D eigenvalue weighted by molar-refractivity contribution is 0.173. The van der Waals surface area contributed by atoms with Crippen molar-refractivity contribution >= 4 is 5.69 Å². The van der Waals surface area contributed by atoms with E-state index in [4.69, 9.17) is 5.26 Å². The first-order chi connectivity index (χ1) is 8.28. The molecule has 1 aromatic rings. The van der Waals surface area contributed by atoms with Crippen LogP contribution in [0.15, 0.2) is 24.3 Å². The van der Waals surface area contributed by atoms with Crippen molar-refractivity contribution in [2.75, 3.05) is 11.9 Å². The van der Waals surface area contributed by atoms with Crippen molar-refractivity contribution in [3.05, 3.63) is 29.8 Å². The molecule has 1 fully saturated rings. The third kappa shape index (κ3) is 2.78. The Morgan fingerprint density at radius 2 is 1.82 bits per heavy atom. The van der Waals surface area contributed by atoms with Gasteiger partial charge in [-0.2, -0.15) is 5.26 Å². The van der Waals surface area contributed by atoms with Gasteiger partial charge in [-0.05, 0) is 37.1 Å². The van der Waals surface area contributed by atoms with Gasteiger partial charge < -0.3 is 10.4 Å². The van der Waals surface area contributed by atoms with Gasteiger partial charge in [0.2, 0.25) is 0 Å². The molecule has 1 saturated carbocycles. The topological polar surface area (TPSA) is 56.0 Å². The SMILES string of the molecule is N#Cc1ccc(NC2(CO)CCCCC2)cc1. The molecule has 0 aromatic heterocycles. The highest BCUT2D eigenvalue weighted by molar-refractivity contribution is 5.49. The van der Waals surface area contributed by atoms with E-state index in [9.17, 15) is 5.11 Å². The van der Waals surface area contributed by atoms with Gasteiger partial charge in [0.05, 0.1) is 23.8 Å². The molecule has 1 aliphatic rings. The second-order valence-corrected chi connectivity index (χ2v) is 4.81. The van der Waals surface area contributed by atoms with Gasteiger partial charge in [0.25, 0.3) is 0 Å². The lowest BCUT2D eigenvalue weighted by atomic mass is 9.82. The molecule has 0 bridgehead atoms. The molecule has 3 nitrogen and oxygen atoms in total. The fraction of sp³-hybridized carbons (Fsp3) is 0.500. The Hall–Kier alpha value is -1.53. The van der Waals surface area contributed by atoms with Crippen molar-refractivity contribution in [2.24, 2.45) is 0 Å². The summed E-state index contributed by atoms with van der Waals surface area (Å²) in [6.45, 7) is 0.174. The summed E-state index contributed by atoms with van der Waals surface area (Å²) in [6, 6.07) is 9.52. The Balaban J connectivity index is 2.09. The maximum absolute atomic E-state index is 9.59. The van der Waals surface area contributed by atoms with E-state index in [0.717, 1.165) is 18.5 Å². The summed E-state index contributed by atoms with van der Waals surface area (Å²) in [4.78, 5) is 0. The van der Waals surface area contributed by atoms with Crippen LogP contribution in [0.3, 0.4) is 0 Å². The van der Waals surface area contributed by atoms with Crippen molar-refractivity contribution < 1.29 is 5.11 Å². The molecule has 0 amide bonds. The number of anilines is 1. The fourth-order valence-corrected chi connectivity index (χ4v) is 2.49. The summed E-state index contributed by atoms with van der Waals surface area (Å²) >= 11 is 0. The van der Waals surface area contributed by atoms with E-state index in [1.165, 1.54) is 19.3 Å². The highest BCUT2D eigenvalue weighted by Crippen LogP contribution is 2.31. The Morgan fingerprint density at radius 3 is 2.35 bits per heavy atom. The molecule has 1 aromatic carbocycles. The maximum atomic E-state index is 9.59. The summed E-state index contributed by atoms with van der Waals surface area (Å²) in [5.74, 6) is 0. The maximum Gasteiger partial charge on any atom is 0.0991 e. The minimum Gasteiger partial charge on any atom is -0.394 e. The van der Waals surface area contributed by atoms with E-state index in [1.54, 1.807) is 12.1 Å². The molecule has 2 rings (SSSR count). The molecule has 0 heterocycles. The largest absolute Gasteiger partial charge is 0.394 e. The van der Waals surface area contributed by atoms with E-state index >= 15 is 0 Å². The van der Waals surface area contributed by atoms with Crippen LogP contribution < -0.4 is 5.32 Å². The average molecular weight is 230 g/mol. The molecule has 0 saturated heterocycles. The van der Waals surface area contributed by atoms with Gasteiger partial charge >= 0.3 is 0 Å². The van der Waals surface area contributed by atoms with Crippen LogP contribution in [0.25, 0.3) is 0 Å². The van der Waals surface area contributed by atoms with Gasteiger partial charge in [0.1, 0.15) is 0 Å². The molecule has 90 valence electrons. The van der Waals surface area contributed by atoms with Gasteiger partial charge in [-0.3, -0.25) is 0 Å². The number of hydrogen-bond donors (Lipinski definition) is 2. The molecule has 0 radical (unpaired) electrons. The zero-order valence-corrected chi connectivity index (χ0v) is 9.95. The quantitative estimate of drug-likeness (QED) is 0.839. The van der Waals surface area contributed by atoms with Crippen LogP contribution >= 0.6 is 0 Å². The molecule has 0 unspecified atom stereocenters. The van der Waals surface area contributed by atoms with Crippen LogP contribution in [-0.2, 0) is 0 Å². The number of aliphatic hydroxyl groups is 1. The lowest BCUT2D eigenvalue weighted by Crippen LogP contribution is -2.43. The van der Waals surface area contributed by atoms with Gasteiger partial charge in [0, 0.05) is 5.69 Å². The highest BCUT2D eigenvalue weighted by atomic mass is 16.3. The predicted octanol–water partition coefficient (Wildman–Crippen LogP) is 2.67. The van der Waals surface area contributed by atoms with Gasteiger partial charge in [-0.25, -0.2) is 0 Å². The van der Waals surface area contributed by atoms with E-state index in [2.05, 4.69) is 11.4 Å². The number of nitrogens with one attached hydrogen (secondary N) is 1. The van der Waals surface area contributed by atoms with Crippen LogP contribution in [0.1, 0.15) is 37.7 Å². The van der Waals surface area contributed by atoms with Gasteiger partial charge in [-0.1, -0.05) is 19.3 Å². The number of nitriles is 1. The molecular weight excluding hydrogens is 212 g/mol. The van der Waals surface area contributed by atoms with E-state index in [1.807, 2.05) is 12.1 Å². The van der Waals surface area contributed by atoms with Crippen LogP contribution in [-0.4, -0.2) is 17.3 Å². The third-order valence-electron chi connectivity index (χ3n) is 3.54. The summed E-state index contributed by atoms with van der Waals surface area (Å²) in [5.41, 5.74) is 1.49. The Labute approximate surface area is 102 Å². The molecular formula is C14H18N2O. The monoisotopic (exact) mass is 230 g/mol. The molecule has 3 heteroatoms. The summed E-state index contributed by atoms with van der Waals surface area (Å²) in [5, 5.41) is 21.8.